The number of ether oxygens (including phenoxy) is 2. The van der Waals surface area contributed by atoms with Crippen LogP contribution in [0, 0.1) is 5.92 Å². The highest BCUT2D eigenvalue weighted by atomic mass is 35.5. The fourth-order valence-corrected chi connectivity index (χ4v) is 5.04. The van der Waals surface area contributed by atoms with E-state index in [9.17, 15) is 22.8 Å². The highest BCUT2D eigenvalue weighted by molar-refractivity contribution is 7.90. The summed E-state index contributed by atoms with van der Waals surface area (Å²) in [4.78, 5) is 47.9. The minimum absolute atomic E-state index is 0.0681. The maximum atomic E-state index is 13.6. The molecule has 1 fully saturated rings. The maximum Gasteiger partial charge on any atom is 0.348 e. The van der Waals surface area contributed by atoms with Crippen LogP contribution < -0.4 is 20.7 Å². The molecule has 0 bridgehead atoms. The van der Waals surface area contributed by atoms with Crippen LogP contribution >= 0.6 is 11.6 Å². The van der Waals surface area contributed by atoms with E-state index < -0.39 is 39.3 Å². The smallest absolute Gasteiger partial charge is 0.348 e. The molecule has 3 heterocycles. The SMILES string of the molecule is CC(C)(C)OC(=O)C(Oc1cc(S(C)(=O)=O)ccc1C(=O)Nc1cccnc1C(=O)Nc1ccc(Cl)cn1)C1CCNC1. The lowest BCUT2D eigenvalue weighted by molar-refractivity contribution is -0.165. The topological polar surface area (TPSA) is 166 Å². The lowest BCUT2D eigenvalue weighted by atomic mass is 10.0. The number of hydrogen-bond acceptors (Lipinski definition) is 10. The van der Waals surface area contributed by atoms with Gasteiger partial charge in [-0.2, -0.15) is 0 Å². The maximum absolute atomic E-state index is 13.6. The van der Waals surface area contributed by atoms with Crippen LogP contribution in [0.4, 0.5) is 11.5 Å². The van der Waals surface area contributed by atoms with Gasteiger partial charge in [0.1, 0.15) is 17.2 Å². The molecule has 4 rings (SSSR count). The van der Waals surface area contributed by atoms with Gasteiger partial charge in [-0.1, -0.05) is 11.6 Å². The van der Waals surface area contributed by atoms with Crippen LogP contribution in [0.25, 0.3) is 0 Å². The average molecular weight is 630 g/mol. The molecule has 2 aromatic heterocycles. The van der Waals surface area contributed by atoms with E-state index in [-0.39, 0.29) is 39.3 Å². The zero-order chi connectivity index (χ0) is 31.4. The molecule has 1 aliphatic rings. The summed E-state index contributed by atoms with van der Waals surface area (Å²) in [5.74, 6) is -2.22. The molecule has 0 radical (unpaired) electrons. The summed E-state index contributed by atoms with van der Waals surface area (Å²) in [5, 5.41) is 8.81. The van der Waals surface area contributed by atoms with Crippen molar-refractivity contribution < 1.29 is 32.3 Å². The van der Waals surface area contributed by atoms with Crippen molar-refractivity contribution in [2.24, 2.45) is 5.92 Å². The summed E-state index contributed by atoms with van der Waals surface area (Å²) in [6.45, 7) is 6.29. The Morgan fingerprint density at radius 3 is 2.47 bits per heavy atom. The van der Waals surface area contributed by atoms with Crippen molar-refractivity contribution in [1.29, 1.82) is 0 Å². The van der Waals surface area contributed by atoms with Gasteiger partial charge in [-0.15, -0.1) is 0 Å². The molecule has 2 atom stereocenters. The quantitative estimate of drug-likeness (QED) is 0.297. The Kier molecular flexibility index (Phi) is 9.68. The van der Waals surface area contributed by atoms with E-state index in [0.717, 1.165) is 6.26 Å². The summed E-state index contributed by atoms with van der Waals surface area (Å²) in [5.41, 5.74) is -0.910. The van der Waals surface area contributed by atoms with Gasteiger partial charge < -0.3 is 25.4 Å². The molecule has 1 aromatic carbocycles. The first-order valence-electron chi connectivity index (χ1n) is 13.3. The van der Waals surface area contributed by atoms with Gasteiger partial charge in [0.05, 0.1) is 21.2 Å². The molecule has 2 unspecified atom stereocenters. The molecular weight excluding hydrogens is 598 g/mol. The van der Waals surface area contributed by atoms with Gasteiger partial charge in [-0.25, -0.2) is 23.2 Å². The first-order chi connectivity index (χ1) is 20.2. The summed E-state index contributed by atoms with van der Waals surface area (Å²) >= 11 is 5.86. The summed E-state index contributed by atoms with van der Waals surface area (Å²) in [6, 6.07) is 9.83. The number of nitrogens with zero attached hydrogens (tertiary/aromatic N) is 2. The number of benzene rings is 1. The Hall–Kier alpha value is -4.07. The Bertz CT molecular complexity index is 1620. The van der Waals surface area contributed by atoms with Gasteiger partial charge in [-0.3, -0.25) is 9.59 Å². The third kappa shape index (κ3) is 8.49. The molecule has 228 valence electrons. The summed E-state index contributed by atoms with van der Waals surface area (Å²) < 4.78 is 36.5. The molecular formula is C29H32ClN5O7S. The molecule has 0 spiro atoms. The van der Waals surface area contributed by atoms with E-state index in [1.165, 1.54) is 48.8 Å². The van der Waals surface area contributed by atoms with Crippen LogP contribution in [0.2, 0.25) is 5.02 Å². The zero-order valence-electron chi connectivity index (χ0n) is 24.0. The van der Waals surface area contributed by atoms with E-state index >= 15 is 0 Å². The van der Waals surface area contributed by atoms with Crippen molar-refractivity contribution in [3.8, 4) is 5.75 Å². The highest BCUT2D eigenvalue weighted by Gasteiger charge is 2.37. The largest absolute Gasteiger partial charge is 0.477 e. The predicted molar refractivity (Wildman–Crippen MR) is 160 cm³/mol. The van der Waals surface area contributed by atoms with Crippen LogP contribution in [0.1, 0.15) is 48.0 Å². The molecule has 12 nitrogen and oxygen atoms in total. The van der Waals surface area contributed by atoms with Gasteiger partial charge >= 0.3 is 5.97 Å². The van der Waals surface area contributed by atoms with Gasteiger partial charge in [0, 0.05) is 31.1 Å². The number of pyridine rings is 2. The second kappa shape index (κ2) is 13.1. The highest BCUT2D eigenvalue weighted by Crippen LogP contribution is 2.30. The van der Waals surface area contributed by atoms with Crippen LogP contribution in [0.15, 0.2) is 59.8 Å². The van der Waals surface area contributed by atoms with Crippen LogP contribution in [0.5, 0.6) is 5.75 Å². The Morgan fingerprint density at radius 1 is 1.07 bits per heavy atom. The monoisotopic (exact) mass is 629 g/mol. The van der Waals surface area contributed by atoms with Gasteiger partial charge in [0.25, 0.3) is 11.8 Å². The first-order valence-corrected chi connectivity index (χ1v) is 15.6. The van der Waals surface area contributed by atoms with Gasteiger partial charge in [-0.05, 0) is 76.2 Å². The number of aromatic nitrogens is 2. The number of esters is 1. The average Bonchev–Trinajstić information content (AvgIpc) is 3.46. The van der Waals surface area contributed by atoms with Gasteiger partial charge in [0.15, 0.2) is 21.6 Å². The van der Waals surface area contributed by atoms with Crippen LogP contribution in [-0.4, -0.2) is 67.2 Å². The van der Waals surface area contributed by atoms with E-state index in [1.54, 1.807) is 26.8 Å². The number of sulfone groups is 1. The molecule has 43 heavy (non-hydrogen) atoms. The van der Waals surface area contributed by atoms with E-state index in [2.05, 4.69) is 25.9 Å². The normalized spacial score (nSPS) is 15.8. The number of rotatable bonds is 9. The zero-order valence-corrected chi connectivity index (χ0v) is 25.6. The van der Waals surface area contributed by atoms with Crippen molar-refractivity contribution in [1.82, 2.24) is 15.3 Å². The minimum atomic E-state index is -3.70. The van der Waals surface area contributed by atoms with Crippen molar-refractivity contribution in [3.05, 3.63) is 71.1 Å². The van der Waals surface area contributed by atoms with Crippen molar-refractivity contribution in [3.63, 3.8) is 0 Å². The van der Waals surface area contributed by atoms with E-state index in [4.69, 9.17) is 21.1 Å². The first kappa shape index (κ1) is 31.9. The van der Waals surface area contributed by atoms with Crippen molar-refractivity contribution in [2.45, 2.75) is 43.8 Å². The molecule has 1 aliphatic heterocycles. The van der Waals surface area contributed by atoms with Crippen molar-refractivity contribution in [2.75, 3.05) is 30.0 Å². The predicted octanol–water partition coefficient (Wildman–Crippen LogP) is 3.74. The summed E-state index contributed by atoms with van der Waals surface area (Å²) in [7, 11) is -3.70. The number of hydrogen-bond donors (Lipinski definition) is 3. The molecule has 2 amide bonds. The third-order valence-electron chi connectivity index (χ3n) is 6.29. The van der Waals surface area contributed by atoms with Crippen LogP contribution in [0.3, 0.4) is 0 Å². The Labute approximate surface area is 254 Å². The fourth-order valence-electron chi connectivity index (χ4n) is 4.29. The van der Waals surface area contributed by atoms with Crippen LogP contribution in [-0.2, 0) is 19.4 Å². The number of amides is 2. The lowest BCUT2D eigenvalue weighted by Crippen LogP contribution is -2.41. The number of anilines is 2. The third-order valence-corrected chi connectivity index (χ3v) is 7.62. The number of carbonyl (C=O) groups excluding carboxylic acids is 3. The molecule has 0 aliphatic carbocycles. The lowest BCUT2D eigenvalue weighted by Gasteiger charge is -2.28. The fraction of sp³-hybridized carbons (Fsp3) is 0.345. The Morgan fingerprint density at radius 2 is 1.84 bits per heavy atom. The van der Waals surface area contributed by atoms with Crippen molar-refractivity contribution >= 4 is 50.7 Å². The second-order valence-electron chi connectivity index (χ2n) is 10.9. The molecule has 3 aromatic rings. The second-order valence-corrected chi connectivity index (χ2v) is 13.4. The molecule has 3 N–H and O–H groups in total. The molecule has 1 saturated heterocycles. The van der Waals surface area contributed by atoms with E-state index in [1.807, 2.05) is 0 Å². The summed E-state index contributed by atoms with van der Waals surface area (Å²) in [6.07, 6.45) is 3.26. The molecule has 14 heteroatoms. The minimum Gasteiger partial charge on any atom is -0.477 e. The van der Waals surface area contributed by atoms with Gasteiger partial charge in [0.2, 0.25) is 0 Å². The standard InChI is InChI=1S/C29H32ClN5O7S/c1-29(2,3)42-28(38)25(17-11-13-31-15-17)41-22-14-19(43(4,39)40)8-9-20(22)26(36)34-21-6-5-12-32-24(21)27(37)35-23-10-7-18(30)16-33-23/h5-10,12,14,16-17,25,31H,11,13,15H2,1-4H3,(H,34,36)(H,33,35,37). The number of carbonyl (C=O) groups is 3. The number of nitrogens with one attached hydrogen (secondary N) is 3. The van der Waals surface area contributed by atoms with E-state index in [0.29, 0.717) is 24.5 Å². The Balaban J connectivity index is 1.66. The number of halogens is 1. The molecule has 0 saturated carbocycles.